The van der Waals surface area contributed by atoms with Gasteiger partial charge in [0, 0.05) is 12.2 Å². The minimum absolute atomic E-state index is 0.281. The normalized spacial score (nSPS) is 20.3. The van der Waals surface area contributed by atoms with Crippen molar-refractivity contribution in [2.75, 3.05) is 6.61 Å². The second kappa shape index (κ2) is 5.97. The summed E-state index contributed by atoms with van der Waals surface area (Å²) in [5.74, 6) is -4.03. The van der Waals surface area contributed by atoms with Crippen LogP contribution in [0.3, 0.4) is 0 Å². The molecule has 1 heterocycles. The Bertz CT molecular complexity index is 526. The number of nitrogens with one attached hydrogen (secondary N) is 1. The molecule has 0 aromatic heterocycles. The van der Waals surface area contributed by atoms with Crippen LogP contribution in [0.25, 0.3) is 0 Å². The van der Waals surface area contributed by atoms with Gasteiger partial charge in [0.05, 0.1) is 0 Å². The maximum absolute atomic E-state index is 13.6. The van der Waals surface area contributed by atoms with Crippen molar-refractivity contribution in [3.8, 4) is 0 Å². The van der Waals surface area contributed by atoms with Crippen molar-refractivity contribution >= 4 is 5.91 Å². The molecule has 1 aromatic rings. The van der Waals surface area contributed by atoms with Crippen LogP contribution in [-0.2, 0) is 9.53 Å². The molecule has 1 aromatic carbocycles. The molecule has 0 aliphatic carbocycles. The van der Waals surface area contributed by atoms with Gasteiger partial charge in [-0.2, -0.15) is 13.2 Å². The Morgan fingerprint density at radius 2 is 2.05 bits per heavy atom. The molecule has 0 saturated carbocycles. The van der Waals surface area contributed by atoms with Crippen molar-refractivity contribution in [3.05, 3.63) is 35.4 Å². The minimum Gasteiger partial charge on any atom is -0.368 e. The summed E-state index contributed by atoms with van der Waals surface area (Å²) in [4.78, 5) is 11.7. The van der Waals surface area contributed by atoms with Crippen LogP contribution in [0, 0.1) is 11.6 Å². The molecule has 8 heteroatoms. The third-order valence-corrected chi connectivity index (χ3v) is 3.13. The molecule has 0 bridgehead atoms. The SMILES string of the molecule is O=C(N[C@@H](c1cccc(F)c1F)C(F)(F)F)[C@@H]1CCCO1. The van der Waals surface area contributed by atoms with Crippen LogP contribution in [0.4, 0.5) is 22.0 Å². The van der Waals surface area contributed by atoms with Crippen molar-refractivity contribution < 1.29 is 31.5 Å². The summed E-state index contributed by atoms with van der Waals surface area (Å²) in [6.45, 7) is 0.281. The zero-order chi connectivity index (χ0) is 15.6. The highest BCUT2D eigenvalue weighted by atomic mass is 19.4. The second-order valence-corrected chi connectivity index (χ2v) is 4.63. The Labute approximate surface area is 117 Å². The van der Waals surface area contributed by atoms with E-state index in [2.05, 4.69) is 0 Å². The van der Waals surface area contributed by atoms with E-state index in [-0.39, 0.29) is 6.61 Å². The average molecular weight is 309 g/mol. The van der Waals surface area contributed by atoms with E-state index in [1.54, 1.807) is 5.32 Å². The molecule has 116 valence electrons. The Morgan fingerprint density at radius 1 is 1.33 bits per heavy atom. The quantitative estimate of drug-likeness (QED) is 0.872. The molecule has 0 radical (unpaired) electrons. The van der Waals surface area contributed by atoms with Gasteiger partial charge in [-0.25, -0.2) is 8.78 Å². The predicted molar refractivity (Wildman–Crippen MR) is 62.3 cm³/mol. The largest absolute Gasteiger partial charge is 0.412 e. The number of rotatable bonds is 3. The highest BCUT2D eigenvalue weighted by Gasteiger charge is 2.44. The summed E-state index contributed by atoms with van der Waals surface area (Å²) in [7, 11) is 0. The molecule has 0 spiro atoms. The predicted octanol–water partition coefficient (Wildman–Crippen LogP) is 2.86. The molecule has 21 heavy (non-hydrogen) atoms. The number of ether oxygens (including phenoxy) is 1. The minimum atomic E-state index is -4.96. The molecule has 1 aliphatic heterocycles. The number of amides is 1. The van der Waals surface area contributed by atoms with E-state index in [9.17, 15) is 26.7 Å². The molecule has 3 nitrogen and oxygen atoms in total. The average Bonchev–Trinajstić information content (AvgIpc) is 2.92. The first-order chi connectivity index (χ1) is 9.80. The first-order valence-electron chi connectivity index (χ1n) is 6.23. The fourth-order valence-corrected chi connectivity index (χ4v) is 2.10. The second-order valence-electron chi connectivity index (χ2n) is 4.63. The standard InChI is InChI=1S/C13H12F5NO2/c14-8-4-1-3-7(10(8)15)11(13(16,17)18)19-12(20)9-5-2-6-21-9/h1,3-4,9,11H,2,5-6H2,(H,19,20)/t9-,11-/m0/s1. The summed E-state index contributed by atoms with van der Waals surface area (Å²) in [5.41, 5.74) is -0.964. The van der Waals surface area contributed by atoms with Gasteiger partial charge in [-0.3, -0.25) is 4.79 Å². The molecule has 0 unspecified atom stereocenters. The van der Waals surface area contributed by atoms with Crippen molar-refractivity contribution in [2.45, 2.75) is 31.2 Å². The number of hydrogen-bond donors (Lipinski definition) is 1. The first-order valence-corrected chi connectivity index (χ1v) is 6.23. The van der Waals surface area contributed by atoms with Crippen molar-refractivity contribution in [2.24, 2.45) is 0 Å². The van der Waals surface area contributed by atoms with Crippen LogP contribution >= 0.6 is 0 Å². The summed E-state index contributed by atoms with van der Waals surface area (Å²) in [5, 5.41) is 1.69. The highest BCUT2D eigenvalue weighted by Crippen LogP contribution is 2.34. The van der Waals surface area contributed by atoms with Gasteiger partial charge >= 0.3 is 6.18 Å². The number of carbonyl (C=O) groups excluding carboxylic acids is 1. The van der Waals surface area contributed by atoms with Crippen LogP contribution in [0.2, 0.25) is 0 Å². The lowest BCUT2D eigenvalue weighted by atomic mass is 10.0. The van der Waals surface area contributed by atoms with Crippen LogP contribution in [0.1, 0.15) is 24.4 Å². The molecule has 2 atom stereocenters. The Hall–Kier alpha value is -1.70. The fraction of sp³-hybridized carbons (Fsp3) is 0.462. The monoisotopic (exact) mass is 309 g/mol. The van der Waals surface area contributed by atoms with E-state index in [1.165, 1.54) is 0 Å². The molecule has 1 aliphatic rings. The number of benzene rings is 1. The number of alkyl halides is 3. The van der Waals surface area contributed by atoms with Crippen LogP contribution in [-0.4, -0.2) is 24.8 Å². The zero-order valence-electron chi connectivity index (χ0n) is 10.7. The van der Waals surface area contributed by atoms with Crippen molar-refractivity contribution in [3.63, 3.8) is 0 Å². The smallest absolute Gasteiger partial charge is 0.368 e. The van der Waals surface area contributed by atoms with E-state index in [0.717, 1.165) is 12.1 Å². The molecule has 1 N–H and O–H groups in total. The topological polar surface area (TPSA) is 38.3 Å². The van der Waals surface area contributed by atoms with Gasteiger partial charge < -0.3 is 10.1 Å². The summed E-state index contributed by atoms with van der Waals surface area (Å²) in [6.07, 6.45) is -5.10. The number of hydrogen-bond acceptors (Lipinski definition) is 2. The van der Waals surface area contributed by atoms with E-state index in [0.29, 0.717) is 18.9 Å². The lowest BCUT2D eigenvalue weighted by Gasteiger charge is -2.24. The number of carbonyl (C=O) groups is 1. The Kier molecular flexibility index (Phi) is 4.46. The van der Waals surface area contributed by atoms with Crippen LogP contribution < -0.4 is 5.32 Å². The molecule has 1 fully saturated rings. The number of halogens is 5. The molecule has 2 rings (SSSR count). The molecule has 1 amide bonds. The summed E-state index contributed by atoms with van der Waals surface area (Å²) >= 11 is 0. The van der Waals surface area contributed by atoms with Crippen molar-refractivity contribution in [1.29, 1.82) is 0 Å². The first kappa shape index (κ1) is 15.7. The fourth-order valence-electron chi connectivity index (χ4n) is 2.10. The van der Waals surface area contributed by atoms with Gasteiger partial charge in [0.15, 0.2) is 17.7 Å². The van der Waals surface area contributed by atoms with E-state index in [4.69, 9.17) is 4.74 Å². The Morgan fingerprint density at radius 3 is 2.62 bits per heavy atom. The summed E-state index contributed by atoms with van der Waals surface area (Å²) in [6, 6.07) is -0.185. The van der Waals surface area contributed by atoms with E-state index >= 15 is 0 Å². The van der Waals surface area contributed by atoms with Gasteiger partial charge in [0.2, 0.25) is 5.91 Å². The molecular weight excluding hydrogens is 297 g/mol. The molecular formula is C13H12F5NO2. The third-order valence-electron chi connectivity index (χ3n) is 3.13. The van der Waals surface area contributed by atoms with Crippen molar-refractivity contribution in [1.82, 2.24) is 5.32 Å². The maximum atomic E-state index is 13.6. The van der Waals surface area contributed by atoms with Crippen LogP contribution in [0.15, 0.2) is 18.2 Å². The van der Waals surface area contributed by atoms with Crippen LogP contribution in [0.5, 0.6) is 0 Å². The lowest BCUT2D eigenvalue weighted by molar-refractivity contribution is -0.166. The lowest BCUT2D eigenvalue weighted by Crippen LogP contribution is -2.43. The van der Waals surface area contributed by atoms with Gasteiger partial charge in [-0.05, 0) is 18.9 Å². The third kappa shape index (κ3) is 3.49. The Balaban J connectivity index is 2.26. The summed E-state index contributed by atoms with van der Waals surface area (Å²) < 4.78 is 70.7. The highest BCUT2D eigenvalue weighted by molar-refractivity contribution is 5.81. The van der Waals surface area contributed by atoms with E-state index < -0.39 is 41.4 Å². The maximum Gasteiger partial charge on any atom is 0.412 e. The molecule has 1 saturated heterocycles. The van der Waals surface area contributed by atoms with Gasteiger partial charge in [0.25, 0.3) is 0 Å². The van der Waals surface area contributed by atoms with E-state index in [1.807, 2.05) is 0 Å². The zero-order valence-corrected chi connectivity index (χ0v) is 10.7. The van der Waals surface area contributed by atoms with Gasteiger partial charge in [-0.1, -0.05) is 12.1 Å². The van der Waals surface area contributed by atoms with Gasteiger partial charge in [0.1, 0.15) is 6.10 Å². The van der Waals surface area contributed by atoms with Gasteiger partial charge in [-0.15, -0.1) is 0 Å².